The van der Waals surface area contributed by atoms with Gasteiger partial charge in [0.15, 0.2) is 0 Å². The molecule has 0 radical (unpaired) electrons. The van der Waals surface area contributed by atoms with Crippen molar-refractivity contribution >= 4 is 0 Å². The van der Waals surface area contributed by atoms with Crippen LogP contribution >= 0.6 is 0 Å². The van der Waals surface area contributed by atoms with E-state index in [2.05, 4.69) is 34.6 Å². The summed E-state index contributed by atoms with van der Waals surface area (Å²) in [5.74, 6) is 0.831. The van der Waals surface area contributed by atoms with Gasteiger partial charge in [-0.3, -0.25) is 0 Å². The zero-order chi connectivity index (χ0) is 8.70. The van der Waals surface area contributed by atoms with Gasteiger partial charge in [0.2, 0.25) is 0 Å². The quantitative estimate of drug-likeness (QED) is 0.619. The van der Waals surface area contributed by atoms with Crippen molar-refractivity contribution in [1.82, 2.24) is 0 Å². The largest absolute Gasteiger partial charge is 3.00 e. The second-order valence-electron chi connectivity index (χ2n) is 5.25. The van der Waals surface area contributed by atoms with Crippen LogP contribution in [-0.2, 0) is 32.7 Å². The average molecular weight is 243 g/mol. The van der Waals surface area contributed by atoms with Crippen LogP contribution in [0.4, 0.5) is 0 Å². The molecule has 0 saturated carbocycles. The third kappa shape index (κ3) is 3.85. The molecule has 0 aromatic heterocycles. The molecule has 12 heavy (non-hydrogen) atoms. The Morgan fingerprint density at radius 1 is 1.00 bits per heavy atom. The van der Waals surface area contributed by atoms with Gasteiger partial charge in [-0.1, -0.05) is 47.5 Å². The third-order valence-corrected chi connectivity index (χ3v) is 2.30. The molecule has 2 heteroatoms. The fraction of sp³-hybridized carbons (Fsp3) is 1.00. The van der Waals surface area contributed by atoms with Crippen molar-refractivity contribution in [1.29, 1.82) is 0 Å². The Morgan fingerprint density at radius 2 is 1.33 bits per heavy atom. The molecular formula is C10H20NY+2. The molecule has 0 aromatic carbocycles. The van der Waals surface area contributed by atoms with Gasteiger partial charge in [-0.2, -0.15) is 0 Å². The van der Waals surface area contributed by atoms with Crippen molar-refractivity contribution in [3.05, 3.63) is 5.32 Å². The van der Waals surface area contributed by atoms with Crippen LogP contribution in [0, 0.1) is 5.92 Å². The minimum Gasteiger partial charge on any atom is -0.652 e. The van der Waals surface area contributed by atoms with Gasteiger partial charge in [-0.15, -0.1) is 11.1 Å². The van der Waals surface area contributed by atoms with Crippen molar-refractivity contribution in [3.63, 3.8) is 0 Å². The molecule has 66 valence electrons. The van der Waals surface area contributed by atoms with Crippen molar-refractivity contribution in [2.75, 3.05) is 0 Å². The fourth-order valence-electron chi connectivity index (χ4n) is 2.69. The first kappa shape index (κ1) is 13.1. The van der Waals surface area contributed by atoms with Crippen LogP contribution < -0.4 is 0 Å². The molecule has 1 aliphatic heterocycles. The summed E-state index contributed by atoms with van der Waals surface area (Å²) in [5.41, 5.74) is 0.419. The van der Waals surface area contributed by atoms with E-state index in [1.54, 1.807) is 0 Å². The molecule has 0 bridgehead atoms. The fourth-order valence-corrected chi connectivity index (χ4v) is 2.69. The van der Waals surface area contributed by atoms with Crippen LogP contribution in [0.5, 0.6) is 0 Å². The summed E-state index contributed by atoms with van der Waals surface area (Å²) in [5, 5.41) is 4.80. The molecule has 0 unspecified atom stereocenters. The molecule has 0 atom stereocenters. The summed E-state index contributed by atoms with van der Waals surface area (Å²) in [7, 11) is 0. The van der Waals surface area contributed by atoms with Gasteiger partial charge >= 0.3 is 32.7 Å². The maximum absolute atomic E-state index is 4.80. The molecule has 0 aromatic rings. The van der Waals surface area contributed by atoms with Crippen LogP contribution in [0.3, 0.4) is 0 Å². The van der Waals surface area contributed by atoms with Gasteiger partial charge in [-0.05, 0) is 5.92 Å². The zero-order valence-electron chi connectivity index (χ0n) is 9.02. The van der Waals surface area contributed by atoms with E-state index < -0.39 is 0 Å². The SMILES string of the molecule is CC1CC(C)(C)[N-]C(C)(C)C1.[Y+3]. The first-order chi connectivity index (χ1) is 4.81. The van der Waals surface area contributed by atoms with Gasteiger partial charge in [0.1, 0.15) is 0 Å². The van der Waals surface area contributed by atoms with E-state index in [1.165, 1.54) is 12.8 Å². The minimum atomic E-state index is 0. The first-order valence-electron chi connectivity index (χ1n) is 4.55. The zero-order valence-corrected chi connectivity index (χ0v) is 11.9. The second-order valence-corrected chi connectivity index (χ2v) is 5.25. The molecule has 0 spiro atoms. The molecule has 1 saturated heterocycles. The molecule has 0 N–H and O–H groups in total. The molecule has 1 nitrogen and oxygen atoms in total. The van der Waals surface area contributed by atoms with Crippen LogP contribution in [0.15, 0.2) is 0 Å². The summed E-state index contributed by atoms with van der Waals surface area (Å²) in [6, 6.07) is 0. The number of piperidine rings is 1. The third-order valence-electron chi connectivity index (χ3n) is 2.30. The van der Waals surface area contributed by atoms with Crippen molar-refractivity contribution in [2.45, 2.75) is 58.5 Å². The van der Waals surface area contributed by atoms with Gasteiger partial charge in [0, 0.05) is 0 Å². The Balaban J connectivity index is 0.00000121. The summed E-state index contributed by atoms with van der Waals surface area (Å²) < 4.78 is 0. The Bertz CT molecular complexity index is 136. The Labute approximate surface area is 102 Å². The molecular weight excluding hydrogens is 223 g/mol. The number of hydrogen-bond donors (Lipinski definition) is 0. The summed E-state index contributed by atoms with van der Waals surface area (Å²) >= 11 is 0. The molecule has 1 rings (SSSR count). The number of nitrogens with zero attached hydrogens (tertiary/aromatic N) is 1. The predicted octanol–water partition coefficient (Wildman–Crippen LogP) is 3.34. The molecule has 1 fully saturated rings. The van der Waals surface area contributed by atoms with Crippen LogP contribution in [-0.4, -0.2) is 11.1 Å². The predicted molar refractivity (Wildman–Crippen MR) is 49.9 cm³/mol. The summed E-state index contributed by atoms with van der Waals surface area (Å²) in [6.07, 6.45) is 2.49. The average Bonchev–Trinajstić information content (AvgIpc) is 1.49. The minimum absolute atomic E-state index is 0. The summed E-state index contributed by atoms with van der Waals surface area (Å²) in [4.78, 5) is 0. The van der Waals surface area contributed by atoms with E-state index >= 15 is 0 Å². The van der Waals surface area contributed by atoms with E-state index in [9.17, 15) is 0 Å². The molecule has 0 amide bonds. The van der Waals surface area contributed by atoms with Gasteiger partial charge in [0.25, 0.3) is 0 Å². The second kappa shape index (κ2) is 4.06. The van der Waals surface area contributed by atoms with Gasteiger partial charge in [0.05, 0.1) is 0 Å². The molecule has 1 aliphatic rings. The van der Waals surface area contributed by atoms with E-state index in [4.69, 9.17) is 5.32 Å². The Morgan fingerprint density at radius 3 is 1.58 bits per heavy atom. The maximum atomic E-state index is 4.80. The molecule has 0 aliphatic carbocycles. The topological polar surface area (TPSA) is 14.1 Å². The van der Waals surface area contributed by atoms with E-state index in [0.717, 1.165) is 5.92 Å². The first-order valence-corrected chi connectivity index (χ1v) is 4.55. The Hall–Kier alpha value is 1.06. The number of rotatable bonds is 0. The maximum Gasteiger partial charge on any atom is 3.00 e. The van der Waals surface area contributed by atoms with Crippen LogP contribution in [0.2, 0.25) is 0 Å². The van der Waals surface area contributed by atoms with Crippen LogP contribution in [0.1, 0.15) is 47.5 Å². The van der Waals surface area contributed by atoms with Crippen molar-refractivity contribution < 1.29 is 32.7 Å². The summed E-state index contributed by atoms with van der Waals surface area (Å²) in [6.45, 7) is 11.3. The normalized spacial score (nSPS) is 27.8. The molecule has 1 heterocycles. The van der Waals surface area contributed by atoms with Crippen LogP contribution in [0.25, 0.3) is 5.32 Å². The van der Waals surface area contributed by atoms with Gasteiger partial charge in [-0.25, -0.2) is 0 Å². The smallest absolute Gasteiger partial charge is 0.652 e. The number of hydrogen-bond acceptors (Lipinski definition) is 0. The van der Waals surface area contributed by atoms with Crippen molar-refractivity contribution in [2.24, 2.45) is 5.92 Å². The van der Waals surface area contributed by atoms with E-state index in [-0.39, 0.29) is 43.8 Å². The Kier molecular flexibility index (Phi) is 4.42. The standard InChI is InChI=1S/C10H20N.Y/c1-8-6-9(2,3)11-10(4,5)7-8;/h8H,6-7H2,1-5H3;/q-1;+3. The monoisotopic (exact) mass is 243 g/mol. The van der Waals surface area contributed by atoms with Gasteiger partial charge < -0.3 is 5.32 Å². The van der Waals surface area contributed by atoms with Crippen molar-refractivity contribution in [3.8, 4) is 0 Å². The van der Waals surface area contributed by atoms with E-state index in [1.807, 2.05) is 0 Å². The van der Waals surface area contributed by atoms with E-state index in [0.29, 0.717) is 0 Å².